The fourth-order valence-electron chi connectivity index (χ4n) is 8.30. The number of carbonyl (C=O) groups excluding carboxylic acids is 2. The Bertz CT molecular complexity index is 2430. The fourth-order valence-corrected chi connectivity index (χ4v) is 8.30. The Morgan fingerprint density at radius 1 is 0.578 bits per heavy atom. The van der Waals surface area contributed by atoms with Crippen molar-refractivity contribution in [3.05, 3.63) is 137 Å². The van der Waals surface area contributed by atoms with E-state index in [9.17, 15) is 9.59 Å². The van der Waals surface area contributed by atoms with Gasteiger partial charge in [0.2, 0.25) is 11.8 Å². The molecule has 0 saturated heterocycles. The van der Waals surface area contributed by atoms with E-state index in [2.05, 4.69) is 9.97 Å². The number of methoxy groups -OCH3 is 1. The minimum absolute atomic E-state index is 0.0561. The van der Waals surface area contributed by atoms with Gasteiger partial charge in [-0.15, -0.1) is 0 Å². The Morgan fingerprint density at radius 2 is 1.03 bits per heavy atom. The average molecular weight is 869 g/mol. The second kappa shape index (κ2) is 21.3. The van der Waals surface area contributed by atoms with Gasteiger partial charge in [0.25, 0.3) is 0 Å². The predicted molar refractivity (Wildman–Crippen MR) is 244 cm³/mol. The highest BCUT2D eigenvalue weighted by atomic mass is 16.5. The van der Waals surface area contributed by atoms with Gasteiger partial charge in [0.1, 0.15) is 28.8 Å². The maximum atomic E-state index is 12.4. The lowest BCUT2D eigenvalue weighted by Gasteiger charge is -2.39. The van der Waals surface area contributed by atoms with Crippen LogP contribution in [0.25, 0.3) is 22.9 Å². The van der Waals surface area contributed by atoms with Crippen LogP contribution in [0.4, 0.5) is 0 Å². The van der Waals surface area contributed by atoms with Gasteiger partial charge in [-0.05, 0) is 132 Å². The molecule has 0 unspecified atom stereocenters. The second-order valence-corrected chi connectivity index (χ2v) is 16.7. The van der Waals surface area contributed by atoms with E-state index in [1.54, 1.807) is 7.11 Å². The minimum Gasteiger partial charge on any atom is -0.497 e. The molecule has 0 N–H and O–H groups in total. The van der Waals surface area contributed by atoms with Gasteiger partial charge >= 0.3 is 11.9 Å². The van der Waals surface area contributed by atoms with Crippen LogP contribution >= 0.6 is 0 Å². The summed E-state index contributed by atoms with van der Waals surface area (Å²) in [4.78, 5) is 34.0. The smallest absolute Gasteiger partial charge is 0.312 e. The van der Waals surface area contributed by atoms with Gasteiger partial charge in [0.05, 0.1) is 55.8 Å². The van der Waals surface area contributed by atoms with Crippen molar-refractivity contribution in [2.75, 3.05) is 33.5 Å². The third-order valence-electron chi connectivity index (χ3n) is 12.3. The van der Waals surface area contributed by atoms with Crippen LogP contribution in [-0.4, -0.2) is 55.4 Å². The monoisotopic (exact) mass is 868 g/mol. The van der Waals surface area contributed by atoms with Crippen LogP contribution in [-0.2, 0) is 44.7 Å². The summed E-state index contributed by atoms with van der Waals surface area (Å²) in [5.41, 5.74) is 5.24. The summed E-state index contributed by atoms with van der Waals surface area (Å²) in [6.07, 6.45) is 8.57. The Labute approximate surface area is 376 Å². The van der Waals surface area contributed by atoms with Gasteiger partial charge < -0.3 is 32.5 Å². The molecule has 2 aromatic heterocycles. The van der Waals surface area contributed by atoms with Crippen LogP contribution in [0.15, 0.2) is 112 Å². The Morgan fingerprint density at radius 3 is 1.45 bits per heavy atom. The summed E-state index contributed by atoms with van der Waals surface area (Å²) < 4.78 is 39.4. The van der Waals surface area contributed by atoms with Crippen LogP contribution in [0, 0.1) is 24.7 Å². The molecule has 2 saturated carbocycles. The first-order valence-corrected chi connectivity index (χ1v) is 22.5. The first kappa shape index (κ1) is 45.7. The molecule has 11 nitrogen and oxygen atoms in total. The number of oxazole rings is 2. The van der Waals surface area contributed by atoms with E-state index in [1.165, 1.54) is 0 Å². The molecule has 6 aromatic rings. The zero-order chi connectivity index (χ0) is 44.9. The molecule has 2 aliphatic rings. The van der Waals surface area contributed by atoms with Crippen molar-refractivity contribution in [1.82, 2.24) is 9.97 Å². The molecular weight excluding hydrogens is 809 g/mol. The van der Waals surface area contributed by atoms with E-state index in [-0.39, 0.29) is 22.8 Å². The van der Waals surface area contributed by atoms with Gasteiger partial charge in [-0.1, -0.05) is 61.4 Å². The highest BCUT2D eigenvalue weighted by Crippen LogP contribution is 2.46. The topological polar surface area (TPSA) is 132 Å². The summed E-state index contributed by atoms with van der Waals surface area (Å²) in [5, 5.41) is 0. The standard InChI is InChI=1S/C27H31NO5.C26H29NO4/c1-4-31-26(29)27(14-6-15-27)18-20-9-11-22(12-10-20)32-16-13-24-19(2)33-25(28-24)21-7-5-8-23(17-21)30-3;1-3-29-25(28)26(15-7-16-26)18-20-10-12-22(13-11-20)30-17-14-23-19(2)31-24(27-23)21-8-5-4-6-9-21/h5,7-12,17H,4,6,13-16,18H2,1-3H3;4-6,8-13H,3,7,14-18H2,1-2H3. The largest absolute Gasteiger partial charge is 0.497 e. The van der Waals surface area contributed by atoms with Crippen LogP contribution in [0.1, 0.15) is 86.4 Å². The van der Waals surface area contributed by atoms with Crippen molar-refractivity contribution in [2.45, 2.75) is 91.9 Å². The number of aryl methyl sites for hydroxylation is 2. The lowest BCUT2D eigenvalue weighted by atomic mass is 9.65. The Balaban J connectivity index is 0.000000192. The number of hydrogen-bond acceptors (Lipinski definition) is 11. The quantitative estimate of drug-likeness (QED) is 0.0721. The molecule has 2 heterocycles. The number of rotatable bonds is 19. The third-order valence-corrected chi connectivity index (χ3v) is 12.3. The van der Waals surface area contributed by atoms with E-state index in [4.69, 9.17) is 32.5 Å². The molecule has 0 radical (unpaired) electrons. The molecule has 336 valence electrons. The minimum atomic E-state index is -0.344. The number of nitrogens with zero attached hydrogens (tertiary/aromatic N) is 2. The summed E-state index contributed by atoms with van der Waals surface area (Å²) in [6.45, 7) is 9.45. The summed E-state index contributed by atoms with van der Waals surface area (Å²) >= 11 is 0. The van der Waals surface area contributed by atoms with Crippen LogP contribution in [0.3, 0.4) is 0 Å². The van der Waals surface area contributed by atoms with Crippen LogP contribution in [0.2, 0.25) is 0 Å². The molecule has 64 heavy (non-hydrogen) atoms. The Hall–Kier alpha value is -6.36. The first-order chi connectivity index (χ1) is 31.1. The number of esters is 2. The van der Waals surface area contributed by atoms with E-state index in [1.807, 2.05) is 131 Å². The molecule has 0 aliphatic heterocycles. The number of hydrogen-bond donors (Lipinski definition) is 0. The van der Waals surface area contributed by atoms with Crippen LogP contribution in [0.5, 0.6) is 17.2 Å². The predicted octanol–water partition coefficient (Wildman–Crippen LogP) is 11.1. The first-order valence-electron chi connectivity index (χ1n) is 22.5. The van der Waals surface area contributed by atoms with E-state index >= 15 is 0 Å². The van der Waals surface area contributed by atoms with Gasteiger partial charge in [0, 0.05) is 24.0 Å². The molecule has 0 amide bonds. The lowest BCUT2D eigenvalue weighted by molar-refractivity contribution is -0.161. The zero-order valence-corrected chi connectivity index (χ0v) is 37.8. The Kier molecular flexibility index (Phi) is 15.2. The van der Waals surface area contributed by atoms with Crippen molar-refractivity contribution in [3.63, 3.8) is 0 Å². The van der Waals surface area contributed by atoms with Crippen molar-refractivity contribution < 1.29 is 42.1 Å². The molecular formula is C53H60N2O9. The summed E-state index contributed by atoms with van der Waals surface area (Å²) in [6, 6.07) is 33.6. The van der Waals surface area contributed by atoms with E-state index < -0.39 is 0 Å². The number of aromatic nitrogens is 2. The molecule has 0 bridgehead atoms. The van der Waals surface area contributed by atoms with E-state index in [0.29, 0.717) is 51.1 Å². The number of benzene rings is 4. The lowest BCUT2D eigenvalue weighted by Crippen LogP contribution is -2.41. The molecule has 8 rings (SSSR count). The second-order valence-electron chi connectivity index (χ2n) is 16.7. The van der Waals surface area contributed by atoms with Gasteiger partial charge in [-0.25, -0.2) is 9.97 Å². The van der Waals surface area contributed by atoms with Crippen molar-refractivity contribution >= 4 is 11.9 Å². The number of ether oxygens (including phenoxy) is 5. The maximum absolute atomic E-state index is 12.4. The molecule has 2 fully saturated rings. The zero-order valence-electron chi connectivity index (χ0n) is 37.8. The summed E-state index contributed by atoms with van der Waals surface area (Å²) in [7, 11) is 1.64. The highest BCUT2D eigenvalue weighted by Gasteiger charge is 2.46. The molecule has 11 heteroatoms. The number of carbonyl (C=O) groups is 2. The summed E-state index contributed by atoms with van der Waals surface area (Å²) in [5.74, 6) is 5.09. The van der Waals surface area contributed by atoms with Gasteiger partial charge in [0.15, 0.2) is 0 Å². The normalized spacial score (nSPS) is 14.5. The SMILES string of the molecule is CCOC(=O)C1(Cc2ccc(OCCc3nc(-c4cccc(OC)c4)oc3C)cc2)CCC1.CCOC(=O)C1(Cc2ccc(OCCc3nc(-c4ccccc4)oc3C)cc2)CCC1. The molecule has 0 spiro atoms. The molecule has 0 atom stereocenters. The average Bonchev–Trinajstić information content (AvgIpc) is 3.86. The molecule has 2 aliphatic carbocycles. The van der Waals surface area contributed by atoms with Crippen LogP contribution < -0.4 is 14.2 Å². The third kappa shape index (κ3) is 11.2. The van der Waals surface area contributed by atoms with Gasteiger partial charge in [-0.2, -0.15) is 0 Å². The van der Waals surface area contributed by atoms with Gasteiger partial charge in [-0.3, -0.25) is 9.59 Å². The fraction of sp³-hybridized carbons (Fsp3) is 0.396. The molecule has 4 aromatic carbocycles. The highest BCUT2D eigenvalue weighted by molar-refractivity contribution is 5.79. The van der Waals surface area contributed by atoms with Crippen molar-refractivity contribution in [3.8, 4) is 40.2 Å². The van der Waals surface area contributed by atoms with Crippen molar-refractivity contribution in [1.29, 1.82) is 0 Å². The maximum Gasteiger partial charge on any atom is 0.312 e. The van der Waals surface area contributed by atoms with E-state index in [0.717, 1.165) is 114 Å². The van der Waals surface area contributed by atoms with Crippen molar-refractivity contribution in [2.24, 2.45) is 10.8 Å².